The number of nitriles is 1. The van der Waals surface area contributed by atoms with E-state index in [4.69, 9.17) is 20.9 Å². The van der Waals surface area contributed by atoms with Crippen LogP contribution in [0.4, 0.5) is 11.4 Å². The molecule has 4 N–H and O–H groups in total. The molecule has 0 aliphatic rings. The molecule has 26 heavy (non-hydrogen) atoms. The van der Waals surface area contributed by atoms with Crippen molar-refractivity contribution in [3.05, 3.63) is 72.1 Å². The molecule has 6 nitrogen and oxygen atoms in total. The summed E-state index contributed by atoms with van der Waals surface area (Å²) in [6.07, 6.45) is 1.99. The fourth-order valence-corrected chi connectivity index (χ4v) is 2.57. The normalized spacial score (nSPS) is 9.54. The molecule has 0 aliphatic carbocycles. The van der Waals surface area contributed by atoms with Gasteiger partial charge in [-0.25, -0.2) is 0 Å². The van der Waals surface area contributed by atoms with Crippen LogP contribution in [0.5, 0.6) is 5.75 Å². The zero-order chi connectivity index (χ0) is 18.9. The third-order valence-electron chi connectivity index (χ3n) is 3.38. The Morgan fingerprint density at radius 2 is 1.88 bits per heavy atom. The van der Waals surface area contributed by atoms with E-state index in [2.05, 4.69) is 0 Å². The van der Waals surface area contributed by atoms with Crippen molar-refractivity contribution in [1.82, 2.24) is 4.57 Å². The highest BCUT2D eigenvalue weighted by Gasteiger charge is 2.07. The van der Waals surface area contributed by atoms with Crippen LogP contribution in [0.1, 0.15) is 11.3 Å². The smallest absolute Gasteiger partial charge is 0.218 e. The Kier molecular flexibility index (Phi) is 6.71. The predicted molar refractivity (Wildman–Crippen MR) is 104 cm³/mol. The number of nitrogens with two attached hydrogens (primary N) is 2. The molecule has 1 heterocycles. The first-order valence-electron chi connectivity index (χ1n) is 7.62. The maximum atomic E-state index is 10.3. The van der Waals surface area contributed by atoms with E-state index in [9.17, 15) is 4.79 Å². The van der Waals surface area contributed by atoms with Crippen LogP contribution in [0, 0.1) is 18.3 Å². The molecule has 0 unspecified atom stereocenters. The lowest BCUT2D eigenvalue weighted by atomic mass is 10.2. The summed E-state index contributed by atoms with van der Waals surface area (Å²) >= 11 is 1.33. The number of carbonyl (C=O) groups is 1. The van der Waals surface area contributed by atoms with Gasteiger partial charge in [-0.3, -0.25) is 9.36 Å². The second-order valence-electron chi connectivity index (χ2n) is 5.23. The Morgan fingerprint density at radius 1 is 1.15 bits per heavy atom. The van der Waals surface area contributed by atoms with Crippen LogP contribution in [-0.2, 0) is 4.79 Å². The third-order valence-corrected chi connectivity index (χ3v) is 4.12. The fourth-order valence-electron chi connectivity index (χ4n) is 2.00. The first-order valence-corrected chi connectivity index (χ1v) is 8.36. The van der Waals surface area contributed by atoms with Crippen LogP contribution in [0.3, 0.4) is 0 Å². The molecule has 0 spiro atoms. The number of rotatable bonds is 4. The first kappa shape index (κ1) is 19.0. The average Bonchev–Trinajstić information content (AvgIpc) is 2.95. The summed E-state index contributed by atoms with van der Waals surface area (Å²) in [7, 11) is 0. The lowest BCUT2D eigenvalue weighted by Crippen LogP contribution is -1.95. The number of hydrogen-bond donors (Lipinski definition) is 2. The van der Waals surface area contributed by atoms with Gasteiger partial charge in [-0.05, 0) is 31.2 Å². The van der Waals surface area contributed by atoms with Gasteiger partial charge in [0, 0.05) is 28.4 Å². The lowest BCUT2D eigenvalue weighted by molar-refractivity contribution is 0.547. The Hall–Kier alpha value is -3.37. The minimum absolute atomic E-state index is 0.303. The Morgan fingerprint density at radius 3 is 2.46 bits per heavy atom. The Balaban J connectivity index is 0.000000197. The number of carbonyl (C=O) groups excluding carboxylic acids is 1. The number of benzene rings is 2. The highest BCUT2D eigenvalue weighted by Crippen LogP contribution is 2.24. The van der Waals surface area contributed by atoms with E-state index in [1.165, 1.54) is 22.8 Å². The molecule has 0 radical (unpaired) electrons. The second kappa shape index (κ2) is 9.20. The molecule has 0 fully saturated rings. The molecule has 1 aromatic heterocycles. The average molecular weight is 366 g/mol. The number of aromatic nitrogens is 1. The second-order valence-corrected chi connectivity index (χ2v) is 6.04. The molecule has 0 saturated heterocycles. The molecular weight excluding hydrogens is 348 g/mol. The highest BCUT2D eigenvalue weighted by molar-refractivity contribution is 7.95. The Bertz CT molecular complexity index is 917. The van der Waals surface area contributed by atoms with Crippen LogP contribution in [0.15, 0.2) is 65.7 Å². The maximum absolute atomic E-state index is 10.3. The van der Waals surface area contributed by atoms with E-state index >= 15 is 0 Å². The predicted octanol–water partition coefficient (Wildman–Crippen LogP) is 3.64. The molecular formula is C19H18N4O2S. The zero-order valence-electron chi connectivity index (χ0n) is 14.1. The van der Waals surface area contributed by atoms with Gasteiger partial charge in [0.2, 0.25) is 6.41 Å². The van der Waals surface area contributed by atoms with Gasteiger partial charge in [0.1, 0.15) is 17.5 Å². The first-order chi connectivity index (χ1) is 12.5. The van der Waals surface area contributed by atoms with Crippen LogP contribution < -0.4 is 15.7 Å². The van der Waals surface area contributed by atoms with Crippen LogP contribution in [0.25, 0.3) is 0 Å². The van der Waals surface area contributed by atoms with E-state index in [0.717, 1.165) is 10.6 Å². The molecule has 0 saturated carbocycles. The van der Waals surface area contributed by atoms with Crippen LogP contribution in [0.2, 0.25) is 0 Å². The van der Waals surface area contributed by atoms with E-state index in [1.54, 1.807) is 13.0 Å². The van der Waals surface area contributed by atoms with E-state index in [-0.39, 0.29) is 0 Å². The molecule has 7 heteroatoms. The molecule has 3 aromatic rings. The minimum Gasteiger partial charge on any atom is -0.421 e. The Labute approximate surface area is 156 Å². The summed E-state index contributed by atoms with van der Waals surface area (Å²) in [4.78, 5) is 11.4. The van der Waals surface area contributed by atoms with Crippen molar-refractivity contribution in [3.63, 3.8) is 0 Å². The maximum Gasteiger partial charge on any atom is 0.218 e. The summed E-state index contributed by atoms with van der Waals surface area (Å²) in [5, 5.41) is 8.56. The van der Waals surface area contributed by atoms with E-state index in [0.29, 0.717) is 29.0 Å². The molecule has 0 aliphatic heterocycles. The third kappa shape index (κ3) is 5.06. The number of nitrogens with zero attached hydrogens (tertiary/aromatic N) is 2. The van der Waals surface area contributed by atoms with Gasteiger partial charge in [0.15, 0.2) is 0 Å². The quantitative estimate of drug-likeness (QED) is 0.415. The van der Waals surface area contributed by atoms with Crippen LogP contribution in [-0.4, -0.2) is 11.0 Å². The molecule has 0 atom stereocenters. The SMILES string of the molecule is Cc1c(N)cn(C=O)c1C#N.Nc1cccc(OSc2ccccc2)c1. The number of hydrogen-bond acceptors (Lipinski definition) is 6. The molecule has 3 rings (SSSR count). The molecule has 0 amide bonds. The van der Waals surface area contributed by atoms with Crippen molar-refractivity contribution < 1.29 is 8.98 Å². The minimum atomic E-state index is 0.303. The lowest BCUT2D eigenvalue weighted by Gasteiger charge is -2.03. The van der Waals surface area contributed by atoms with Crippen molar-refractivity contribution in [2.24, 2.45) is 0 Å². The monoisotopic (exact) mass is 366 g/mol. The topological polar surface area (TPSA) is 107 Å². The molecule has 2 aromatic carbocycles. The summed E-state index contributed by atoms with van der Waals surface area (Å²) in [5.74, 6) is 0.767. The largest absolute Gasteiger partial charge is 0.421 e. The summed E-state index contributed by atoms with van der Waals surface area (Å²) < 4.78 is 6.68. The van der Waals surface area contributed by atoms with Crippen molar-refractivity contribution in [2.45, 2.75) is 11.8 Å². The number of anilines is 2. The summed E-state index contributed by atoms with van der Waals surface area (Å²) in [6.45, 7) is 1.70. The standard InChI is InChI=1S/C12H11NOS.C7H7N3O/c13-10-5-4-6-11(9-10)14-15-12-7-2-1-3-8-12;1-5-6(9)3-10(4-11)7(5)2-8/h1-9H,13H2;3-4H,9H2,1H3. The van der Waals surface area contributed by atoms with Gasteiger partial charge in [0.05, 0.1) is 17.7 Å². The van der Waals surface area contributed by atoms with Gasteiger partial charge in [0.25, 0.3) is 0 Å². The van der Waals surface area contributed by atoms with E-state index in [1.807, 2.05) is 54.6 Å². The van der Waals surface area contributed by atoms with Crippen molar-refractivity contribution in [3.8, 4) is 11.8 Å². The van der Waals surface area contributed by atoms with Crippen molar-refractivity contribution >= 4 is 29.8 Å². The van der Waals surface area contributed by atoms with Crippen LogP contribution >= 0.6 is 12.0 Å². The van der Waals surface area contributed by atoms with Gasteiger partial charge in [-0.2, -0.15) is 5.26 Å². The van der Waals surface area contributed by atoms with Gasteiger partial charge in [-0.1, -0.05) is 24.3 Å². The molecule has 0 bridgehead atoms. The van der Waals surface area contributed by atoms with Gasteiger partial charge < -0.3 is 15.7 Å². The van der Waals surface area contributed by atoms with E-state index < -0.39 is 0 Å². The van der Waals surface area contributed by atoms with Crippen molar-refractivity contribution in [1.29, 1.82) is 5.26 Å². The summed E-state index contributed by atoms with van der Waals surface area (Å²) in [6, 6.07) is 19.2. The summed E-state index contributed by atoms with van der Waals surface area (Å²) in [5.41, 5.74) is 13.2. The van der Waals surface area contributed by atoms with Crippen molar-refractivity contribution in [2.75, 3.05) is 11.5 Å². The van der Waals surface area contributed by atoms with Gasteiger partial charge in [-0.15, -0.1) is 0 Å². The number of nitrogen functional groups attached to an aromatic ring is 2. The van der Waals surface area contributed by atoms with Gasteiger partial charge >= 0.3 is 0 Å². The fraction of sp³-hybridized carbons (Fsp3) is 0.0526. The highest BCUT2D eigenvalue weighted by atomic mass is 32.2. The molecule has 132 valence electrons. The zero-order valence-corrected chi connectivity index (χ0v) is 14.9.